The highest BCUT2D eigenvalue weighted by Gasteiger charge is 2.18. The van der Waals surface area contributed by atoms with Crippen molar-refractivity contribution in [3.05, 3.63) is 78.6 Å². The molecule has 8 heteroatoms. The van der Waals surface area contributed by atoms with E-state index in [2.05, 4.69) is 24.8 Å². The standard InChI is InChI=1S/C30H28FN5O2/c31-24-18-34-30-29(23-16-25(33-19-26(23)35-30)22-4-3-10-32-17-22)28(24)21-8-6-20(7-9-21)27(37)5-1-2-11-36-12-14-38-15-13-36/h3-4,6-10,16-19H,1-2,5,11-15H2,(H,34,35). The molecule has 5 aromatic rings. The number of ether oxygens (including phenoxy) is 1. The molecule has 0 aliphatic carbocycles. The first kappa shape index (κ1) is 24.3. The highest BCUT2D eigenvalue weighted by atomic mass is 19.1. The second-order valence-electron chi connectivity index (χ2n) is 9.60. The van der Waals surface area contributed by atoms with E-state index in [1.807, 2.05) is 30.3 Å². The van der Waals surface area contributed by atoms with Gasteiger partial charge < -0.3 is 9.72 Å². The zero-order valence-corrected chi connectivity index (χ0v) is 21.0. The molecule has 1 aromatic carbocycles. The molecule has 0 amide bonds. The number of fused-ring (bicyclic) bond motifs is 3. The van der Waals surface area contributed by atoms with Crippen molar-refractivity contribution >= 4 is 27.7 Å². The van der Waals surface area contributed by atoms with Crippen molar-refractivity contribution in [1.29, 1.82) is 0 Å². The van der Waals surface area contributed by atoms with E-state index < -0.39 is 5.82 Å². The lowest BCUT2D eigenvalue weighted by atomic mass is 9.97. The van der Waals surface area contributed by atoms with Gasteiger partial charge in [-0.25, -0.2) is 9.37 Å². The Morgan fingerprint density at radius 1 is 1.00 bits per heavy atom. The molecule has 7 nitrogen and oxygen atoms in total. The summed E-state index contributed by atoms with van der Waals surface area (Å²) < 4.78 is 20.7. The number of pyridine rings is 3. The van der Waals surface area contributed by atoms with E-state index in [1.54, 1.807) is 30.7 Å². The van der Waals surface area contributed by atoms with E-state index in [9.17, 15) is 4.79 Å². The first-order valence-electron chi connectivity index (χ1n) is 13.0. The predicted molar refractivity (Wildman–Crippen MR) is 145 cm³/mol. The van der Waals surface area contributed by atoms with Crippen LogP contribution in [0.4, 0.5) is 4.39 Å². The molecule has 1 saturated heterocycles. The van der Waals surface area contributed by atoms with Gasteiger partial charge >= 0.3 is 0 Å². The first-order chi connectivity index (χ1) is 18.7. The van der Waals surface area contributed by atoms with Crippen LogP contribution in [0.2, 0.25) is 0 Å². The number of carbonyl (C=O) groups excluding carboxylic acids is 1. The number of nitrogens with zero attached hydrogens (tertiary/aromatic N) is 4. The summed E-state index contributed by atoms with van der Waals surface area (Å²) >= 11 is 0. The number of nitrogens with one attached hydrogen (secondary N) is 1. The fraction of sp³-hybridized carbons (Fsp3) is 0.267. The molecule has 38 heavy (non-hydrogen) atoms. The Kier molecular flexibility index (Phi) is 6.90. The van der Waals surface area contributed by atoms with Crippen LogP contribution in [-0.4, -0.2) is 63.5 Å². The summed E-state index contributed by atoms with van der Waals surface area (Å²) in [6, 6.07) is 13.0. The molecule has 0 atom stereocenters. The minimum Gasteiger partial charge on any atom is -0.379 e. The van der Waals surface area contributed by atoms with Crippen molar-refractivity contribution in [3.63, 3.8) is 0 Å². The number of halogens is 1. The molecule has 1 aliphatic rings. The Hall–Kier alpha value is -4.01. The maximum atomic E-state index is 15.3. The fourth-order valence-electron chi connectivity index (χ4n) is 5.10. The van der Waals surface area contributed by atoms with Gasteiger partial charge in [0.1, 0.15) is 11.5 Å². The van der Waals surface area contributed by atoms with E-state index in [1.165, 1.54) is 6.20 Å². The van der Waals surface area contributed by atoms with Crippen LogP contribution in [0.25, 0.3) is 44.3 Å². The van der Waals surface area contributed by atoms with E-state index in [-0.39, 0.29) is 5.78 Å². The minimum absolute atomic E-state index is 0.109. The summed E-state index contributed by atoms with van der Waals surface area (Å²) in [6.07, 6.45) is 8.77. The molecular formula is C30H28FN5O2. The van der Waals surface area contributed by atoms with Crippen LogP contribution in [0.3, 0.4) is 0 Å². The molecule has 1 N–H and O–H groups in total. The van der Waals surface area contributed by atoms with Gasteiger partial charge in [0, 0.05) is 59.4 Å². The van der Waals surface area contributed by atoms with Crippen LogP contribution in [0.15, 0.2) is 67.3 Å². The van der Waals surface area contributed by atoms with Crippen molar-refractivity contribution in [1.82, 2.24) is 24.8 Å². The minimum atomic E-state index is -0.416. The number of morpholine rings is 1. The highest BCUT2D eigenvalue weighted by molar-refractivity contribution is 6.13. The van der Waals surface area contributed by atoms with Gasteiger partial charge in [0.15, 0.2) is 5.78 Å². The maximum Gasteiger partial charge on any atom is 0.162 e. The van der Waals surface area contributed by atoms with Crippen molar-refractivity contribution in [3.8, 4) is 22.4 Å². The van der Waals surface area contributed by atoms with Crippen molar-refractivity contribution in [2.45, 2.75) is 19.3 Å². The molecule has 6 rings (SSSR count). The van der Waals surface area contributed by atoms with Gasteiger partial charge in [0.2, 0.25) is 0 Å². The lowest BCUT2D eigenvalue weighted by Gasteiger charge is -2.26. The second kappa shape index (κ2) is 10.8. The highest BCUT2D eigenvalue weighted by Crippen LogP contribution is 2.36. The number of aromatic amines is 1. The Balaban J connectivity index is 1.25. The molecule has 192 valence electrons. The van der Waals surface area contributed by atoms with E-state index in [4.69, 9.17) is 4.74 Å². The Morgan fingerprint density at radius 2 is 1.84 bits per heavy atom. The van der Waals surface area contributed by atoms with E-state index >= 15 is 4.39 Å². The van der Waals surface area contributed by atoms with Gasteiger partial charge in [0.05, 0.1) is 36.8 Å². The number of aromatic nitrogens is 4. The van der Waals surface area contributed by atoms with Crippen molar-refractivity contribution in [2.75, 3.05) is 32.8 Å². The molecule has 0 unspecified atom stereocenters. The number of carbonyl (C=O) groups is 1. The topological polar surface area (TPSA) is 84.0 Å². The molecule has 1 aliphatic heterocycles. The predicted octanol–water partition coefficient (Wildman–Crippen LogP) is 5.66. The molecular weight excluding hydrogens is 481 g/mol. The lowest BCUT2D eigenvalue weighted by Crippen LogP contribution is -2.36. The smallest absolute Gasteiger partial charge is 0.162 e. The van der Waals surface area contributed by atoms with E-state index in [0.717, 1.165) is 67.8 Å². The summed E-state index contributed by atoms with van der Waals surface area (Å²) in [4.78, 5) is 31.5. The lowest BCUT2D eigenvalue weighted by molar-refractivity contribution is 0.0371. The van der Waals surface area contributed by atoms with Crippen LogP contribution >= 0.6 is 0 Å². The third kappa shape index (κ3) is 4.92. The van der Waals surface area contributed by atoms with Gasteiger partial charge in [-0.15, -0.1) is 0 Å². The first-order valence-corrected chi connectivity index (χ1v) is 13.0. The zero-order chi connectivity index (χ0) is 25.9. The molecule has 0 spiro atoms. The normalized spacial score (nSPS) is 14.3. The number of benzene rings is 1. The van der Waals surface area contributed by atoms with Crippen LogP contribution in [0.5, 0.6) is 0 Å². The molecule has 1 fully saturated rings. The van der Waals surface area contributed by atoms with E-state index in [0.29, 0.717) is 34.1 Å². The maximum absolute atomic E-state index is 15.3. The molecule has 0 radical (unpaired) electrons. The van der Waals surface area contributed by atoms with Gasteiger partial charge in [-0.2, -0.15) is 0 Å². The average molecular weight is 510 g/mol. The number of rotatable bonds is 8. The summed E-state index contributed by atoms with van der Waals surface area (Å²) in [5.41, 5.74) is 4.78. The Labute approximate surface area is 219 Å². The zero-order valence-electron chi connectivity index (χ0n) is 21.0. The summed E-state index contributed by atoms with van der Waals surface area (Å²) in [5.74, 6) is -0.307. The van der Waals surface area contributed by atoms with Gasteiger partial charge in [-0.1, -0.05) is 24.3 Å². The molecule has 0 saturated carbocycles. The van der Waals surface area contributed by atoms with Gasteiger partial charge in [0.25, 0.3) is 0 Å². The van der Waals surface area contributed by atoms with Crippen molar-refractivity contribution in [2.24, 2.45) is 0 Å². The SMILES string of the molecule is O=C(CCCCN1CCOCC1)c1ccc(-c2c(F)cnc3[nH]c4cnc(-c5cccnc5)cc4c23)cc1. The number of ketones is 1. The number of Topliss-reactive ketones (excluding diaryl/α,β-unsaturated/α-hetero) is 1. The van der Waals surface area contributed by atoms with Gasteiger partial charge in [-0.05, 0) is 43.1 Å². The summed E-state index contributed by atoms with van der Waals surface area (Å²) in [5, 5.41) is 1.52. The van der Waals surface area contributed by atoms with Crippen molar-refractivity contribution < 1.29 is 13.9 Å². The number of unbranched alkanes of at least 4 members (excludes halogenated alkanes) is 1. The Morgan fingerprint density at radius 3 is 2.63 bits per heavy atom. The number of H-pyrrole nitrogens is 1. The van der Waals surface area contributed by atoms with Crippen LogP contribution in [0.1, 0.15) is 29.6 Å². The van der Waals surface area contributed by atoms with Crippen LogP contribution < -0.4 is 0 Å². The average Bonchev–Trinajstić information content (AvgIpc) is 3.34. The largest absolute Gasteiger partial charge is 0.379 e. The van der Waals surface area contributed by atoms with Crippen LogP contribution in [-0.2, 0) is 4.74 Å². The third-order valence-corrected chi connectivity index (χ3v) is 7.14. The second-order valence-corrected chi connectivity index (χ2v) is 9.60. The molecule has 5 heterocycles. The molecule has 0 bridgehead atoms. The fourth-order valence-corrected chi connectivity index (χ4v) is 5.10. The Bertz CT molecular complexity index is 1580. The quantitative estimate of drug-likeness (QED) is 0.215. The van der Waals surface area contributed by atoms with Gasteiger partial charge in [-0.3, -0.25) is 19.7 Å². The molecule has 4 aromatic heterocycles. The monoisotopic (exact) mass is 509 g/mol. The third-order valence-electron chi connectivity index (χ3n) is 7.14. The summed E-state index contributed by atoms with van der Waals surface area (Å²) in [7, 11) is 0. The number of hydrogen-bond donors (Lipinski definition) is 1. The number of hydrogen-bond acceptors (Lipinski definition) is 6. The summed E-state index contributed by atoms with van der Waals surface area (Å²) in [6.45, 7) is 4.50. The van der Waals surface area contributed by atoms with Crippen LogP contribution in [0, 0.1) is 5.82 Å².